The molecule has 22 heavy (non-hydrogen) atoms. The molecule has 2 aliphatic heterocycles. The van der Waals surface area contributed by atoms with Crippen molar-refractivity contribution in [3.8, 4) is 0 Å². The number of para-hydroxylation sites is 1. The van der Waals surface area contributed by atoms with Crippen LogP contribution in [0.25, 0.3) is 0 Å². The van der Waals surface area contributed by atoms with Crippen molar-refractivity contribution in [2.75, 3.05) is 18.4 Å². The van der Waals surface area contributed by atoms with Crippen LogP contribution >= 0.6 is 0 Å². The Morgan fingerprint density at radius 1 is 1.18 bits per heavy atom. The predicted octanol–water partition coefficient (Wildman–Crippen LogP) is 1.36. The highest BCUT2D eigenvalue weighted by atomic mass is 16.2. The van der Waals surface area contributed by atoms with Crippen LogP contribution in [0.2, 0.25) is 0 Å². The maximum absolute atomic E-state index is 12.3. The highest BCUT2D eigenvalue weighted by Gasteiger charge is 2.29. The Labute approximate surface area is 129 Å². The molecule has 1 aromatic rings. The largest absolute Gasteiger partial charge is 0.343 e. The molecule has 116 valence electrons. The lowest BCUT2D eigenvalue weighted by atomic mass is 10.1. The summed E-state index contributed by atoms with van der Waals surface area (Å²) >= 11 is 0. The lowest BCUT2D eigenvalue weighted by molar-refractivity contribution is -0.125. The summed E-state index contributed by atoms with van der Waals surface area (Å²) in [5.41, 5.74) is 0.716. The van der Waals surface area contributed by atoms with Crippen LogP contribution in [0.3, 0.4) is 0 Å². The molecule has 1 aromatic carbocycles. The first-order chi connectivity index (χ1) is 10.7. The second kappa shape index (κ2) is 6.60. The monoisotopic (exact) mass is 300 g/mol. The number of carbonyl (C=O) groups is 2. The molecule has 0 aromatic heterocycles. The van der Waals surface area contributed by atoms with Gasteiger partial charge in [0.05, 0.1) is 6.42 Å². The predicted molar refractivity (Wildman–Crippen MR) is 84.5 cm³/mol. The summed E-state index contributed by atoms with van der Waals surface area (Å²) < 4.78 is 0. The van der Waals surface area contributed by atoms with Gasteiger partial charge in [0.15, 0.2) is 0 Å². The molecule has 0 spiro atoms. The SMILES string of the molecule is O=C1C[C@H](C(=O)Nc2ccccc2)N=C(N2CCCCC2)N1. The Morgan fingerprint density at radius 3 is 2.64 bits per heavy atom. The summed E-state index contributed by atoms with van der Waals surface area (Å²) in [6, 6.07) is 8.56. The quantitative estimate of drug-likeness (QED) is 0.866. The van der Waals surface area contributed by atoms with E-state index in [4.69, 9.17) is 0 Å². The Hall–Kier alpha value is -2.37. The van der Waals surface area contributed by atoms with Gasteiger partial charge < -0.3 is 10.2 Å². The molecule has 0 radical (unpaired) electrons. The van der Waals surface area contributed by atoms with E-state index in [9.17, 15) is 9.59 Å². The third-order valence-corrected chi connectivity index (χ3v) is 3.91. The Bertz CT molecular complexity index is 579. The summed E-state index contributed by atoms with van der Waals surface area (Å²) in [6.07, 6.45) is 3.48. The molecule has 0 bridgehead atoms. The molecule has 0 aliphatic carbocycles. The zero-order chi connectivity index (χ0) is 15.4. The van der Waals surface area contributed by atoms with Gasteiger partial charge in [0.1, 0.15) is 6.04 Å². The van der Waals surface area contributed by atoms with Crippen LogP contribution in [0.5, 0.6) is 0 Å². The number of guanidine groups is 1. The summed E-state index contributed by atoms with van der Waals surface area (Å²) in [4.78, 5) is 30.7. The second-order valence-corrected chi connectivity index (χ2v) is 5.62. The van der Waals surface area contributed by atoms with E-state index in [2.05, 4.69) is 20.5 Å². The van der Waals surface area contributed by atoms with E-state index < -0.39 is 6.04 Å². The van der Waals surface area contributed by atoms with E-state index >= 15 is 0 Å². The van der Waals surface area contributed by atoms with Crippen LogP contribution in [0, 0.1) is 0 Å². The van der Waals surface area contributed by atoms with Crippen molar-refractivity contribution in [1.29, 1.82) is 0 Å². The maximum atomic E-state index is 12.3. The Kier molecular flexibility index (Phi) is 4.37. The minimum atomic E-state index is -0.661. The molecule has 2 aliphatic rings. The van der Waals surface area contributed by atoms with Gasteiger partial charge in [-0.1, -0.05) is 18.2 Å². The number of likely N-dealkylation sites (tertiary alicyclic amines) is 1. The molecule has 0 unspecified atom stereocenters. The summed E-state index contributed by atoms with van der Waals surface area (Å²) in [7, 11) is 0. The van der Waals surface area contributed by atoms with Crippen molar-refractivity contribution in [2.45, 2.75) is 31.7 Å². The average molecular weight is 300 g/mol. The fourth-order valence-corrected chi connectivity index (χ4v) is 2.74. The lowest BCUT2D eigenvalue weighted by Crippen LogP contribution is -2.51. The number of hydrogen-bond donors (Lipinski definition) is 2. The molecule has 6 heteroatoms. The highest BCUT2D eigenvalue weighted by molar-refractivity contribution is 6.05. The van der Waals surface area contributed by atoms with E-state index in [1.165, 1.54) is 6.42 Å². The number of nitrogens with zero attached hydrogens (tertiary/aromatic N) is 2. The maximum Gasteiger partial charge on any atom is 0.249 e. The Balaban J connectivity index is 1.71. The van der Waals surface area contributed by atoms with Crippen LogP contribution in [-0.2, 0) is 9.59 Å². The fourth-order valence-electron chi connectivity index (χ4n) is 2.74. The molecule has 1 fully saturated rings. The number of aliphatic imine (C=N–C) groups is 1. The normalized spacial score (nSPS) is 21.8. The number of benzene rings is 1. The Morgan fingerprint density at radius 2 is 1.91 bits per heavy atom. The van der Waals surface area contributed by atoms with Crippen LogP contribution in [-0.4, -0.2) is 41.8 Å². The van der Waals surface area contributed by atoms with Crippen molar-refractivity contribution in [2.24, 2.45) is 4.99 Å². The second-order valence-electron chi connectivity index (χ2n) is 5.62. The number of piperidine rings is 1. The van der Waals surface area contributed by atoms with Gasteiger partial charge in [0.25, 0.3) is 0 Å². The zero-order valence-electron chi connectivity index (χ0n) is 12.4. The average Bonchev–Trinajstić information content (AvgIpc) is 2.56. The number of amides is 2. The lowest BCUT2D eigenvalue weighted by Gasteiger charge is -2.32. The minimum Gasteiger partial charge on any atom is -0.343 e. The first-order valence-corrected chi connectivity index (χ1v) is 7.71. The van der Waals surface area contributed by atoms with Gasteiger partial charge in [-0.3, -0.25) is 14.9 Å². The standard InChI is InChI=1S/C16H20N4O2/c21-14-11-13(15(22)17-12-7-3-1-4-8-12)18-16(19-14)20-9-5-2-6-10-20/h1,3-4,7-8,13H,2,5-6,9-11H2,(H,17,22)(H,18,19,21)/t13-/m1/s1. The van der Waals surface area contributed by atoms with Gasteiger partial charge in [0, 0.05) is 18.8 Å². The van der Waals surface area contributed by atoms with Crippen molar-refractivity contribution in [3.63, 3.8) is 0 Å². The molecule has 2 amide bonds. The molecule has 6 nitrogen and oxygen atoms in total. The summed E-state index contributed by atoms with van der Waals surface area (Å²) in [5, 5.41) is 5.60. The highest BCUT2D eigenvalue weighted by Crippen LogP contribution is 2.14. The first-order valence-electron chi connectivity index (χ1n) is 7.71. The van der Waals surface area contributed by atoms with Crippen LogP contribution in [0.15, 0.2) is 35.3 Å². The number of hydrogen-bond acceptors (Lipinski definition) is 4. The topological polar surface area (TPSA) is 73.8 Å². The van der Waals surface area contributed by atoms with Crippen molar-refractivity contribution < 1.29 is 9.59 Å². The molecule has 2 N–H and O–H groups in total. The van der Waals surface area contributed by atoms with Gasteiger partial charge in [-0.15, -0.1) is 0 Å². The summed E-state index contributed by atoms with van der Waals surface area (Å²) in [6.45, 7) is 1.76. The third kappa shape index (κ3) is 3.44. The van der Waals surface area contributed by atoms with Gasteiger partial charge in [-0.25, -0.2) is 4.99 Å². The van der Waals surface area contributed by atoms with Gasteiger partial charge >= 0.3 is 0 Å². The van der Waals surface area contributed by atoms with Gasteiger partial charge in [0.2, 0.25) is 17.8 Å². The van der Waals surface area contributed by atoms with E-state index in [1.54, 1.807) is 0 Å². The molecule has 0 saturated carbocycles. The number of anilines is 1. The molecular formula is C16H20N4O2. The molecule has 2 heterocycles. The van der Waals surface area contributed by atoms with E-state index in [1.807, 2.05) is 30.3 Å². The van der Waals surface area contributed by atoms with E-state index in [0.29, 0.717) is 11.6 Å². The smallest absolute Gasteiger partial charge is 0.249 e. The van der Waals surface area contributed by atoms with Crippen molar-refractivity contribution in [1.82, 2.24) is 10.2 Å². The minimum absolute atomic E-state index is 0.0933. The molecule has 1 atom stereocenters. The molecule has 3 rings (SSSR count). The van der Waals surface area contributed by atoms with E-state index in [0.717, 1.165) is 25.9 Å². The van der Waals surface area contributed by atoms with Crippen molar-refractivity contribution >= 4 is 23.5 Å². The number of rotatable bonds is 2. The zero-order valence-corrected chi connectivity index (χ0v) is 12.4. The fraction of sp³-hybridized carbons (Fsp3) is 0.438. The van der Waals surface area contributed by atoms with Crippen molar-refractivity contribution in [3.05, 3.63) is 30.3 Å². The van der Waals surface area contributed by atoms with Gasteiger partial charge in [-0.2, -0.15) is 0 Å². The number of carbonyl (C=O) groups excluding carboxylic acids is 2. The third-order valence-electron chi connectivity index (χ3n) is 3.91. The summed E-state index contributed by atoms with van der Waals surface area (Å²) in [5.74, 6) is 0.156. The van der Waals surface area contributed by atoms with Crippen LogP contribution in [0.1, 0.15) is 25.7 Å². The van der Waals surface area contributed by atoms with E-state index in [-0.39, 0.29) is 18.2 Å². The molecule has 1 saturated heterocycles. The first kappa shape index (κ1) is 14.6. The van der Waals surface area contributed by atoms with Crippen LogP contribution < -0.4 is 10.6 Å². The van der Waals surface area contributed by atoms with Gasteiger partial charge in [-0.05, 0) is 31.4 Å². The molecular weight excluding hydrogens is 280 g/mol. The number of nitrogens with one attached hydrogen (secondary N) is 2. The van der Waals surface area contributed by atoms with Crippen LogP contribution in [0.4, 0.5) is 5.69 Å².